The van der Waals surface area contributed by atoms with Crippen LogP contribution >= 0.6 is 23.1 Å². The van der Waals surface area contributed by atoms with E-state index in [1.807, 2.05) is 24.3 Å². The number of thioether (sulfide) groups is 1. The summed E-state index contributed by atoms with van der Waals surface area (Å²) in [6.45, 7) is 6.23. The first-order chi connectivity index (χ1) is 11.0. The van der Waals surface area contributed by atoms with Crippen LogP contribution in [0.15, 0.2) is 29.4 Å². The monoisotopic (exact) mass is 340 g/mol. The highest BCUT2D eigenvalue weighted by molar-refractivity contribution is 7.99. The molecular formula is C17H16N4S2. The van der Waals surface area contributed by atoms with Crippen LogP contribution in [-0.2, 0) is 0 Å². The average molecular weight is 340 g/mol. The molecular weight excluding hydrogens is 324 g/mol. The summed E-state index contributed by atoms with van der Waals surface area (Å²) in [5.41, 5.74) is 9.09. The largest absolute Gasteiger partial charge is 0.383 e. The van der Waals surface area contributed by atoms with E-state index in [4.69, 9.17) is 11.0 Å². The molecule has 0 aliphatic carbocycles. The molecule has 23 heavy (non-hydrogen) atoms. The van der Waals surface area contributed by atoms with Crippen molar-refractivity contribution in [1.29, 1.82) is 5.26 Å². The number of thiophene rings is 1. The lowest BCUT2D eigenvalue weighted by molar-refractivity contribution is 0.992. The highest BCUT2D eigenvalue weighted by atomic mass is 32.2. The molecule has 0 saturated heterocycles. The SMILES string of the molecule is Cc1sc2nc(SC(C)c3ccc(C#N)cc3)nc(N)c2c1C. The summed E-state index contributed by atoms with van der Waals surface area (Å²) in [7, 11) is 0. The third kappa shape index (κ3) is 3.03. The van der Waals surface area contributed by atoms with Gasteiger partial charge in [0, 0.05) is 10.1 Å². The van der Waals surface area contributed by atoms with Gasteiger partial charge in [0.1, 0.15) is 10.6 Å². The van der Waals surface area contributed by atoms with Crippen LogP contribution in [0.5, 0.6) is 0 Å². The molecule has 0 radical (unpaired) electrons. The van der Waals surface area contributed by atoms with Crippen LogP contribution in [0.2, 0.25) is 0 Å². The predicted octanol–water partition coefficient (Wildman–Crippen LogP) is 4.62. The Morgan fingerprint density at radius 2 is 1.91 bits per heavy atom. The summed E-state index contributed by atoms with van der Waals surface area (Å²) < 4.78 is 0. The molecule has 1 unspecified atom stereocenters. The van der Waals surface area contributed by atoms with Crippen LogP contribution < -0.4 is 5.73 Å². The zero-order valence-electron chi connectivity index (χ0n) is 13.1. The van der Waals surface area contributed by atoms with Gasteiger partial charge in [-0.25, -0.2) is 9.97 Å². The van der Waals surface area contributed by atoms with Crippen LogP contribution in [0.4, 0.5) is 5.82 Å². The topological polar surface area (TPSA) is 75.6 Å². The fourth-order valence-corrected chi connectivity index (χ4v) is 4.37. The summed E-state index contributed by atoms with van der Waals surface area (Å²) in [5.74, 6) is 0.548. The van der Waals surface area contributed by atoms with E-state index in [1.54, 1.807) is 23.1 Å². The molecule has 2 N–H and O–H groups in total. The quantitative estimate of drug-likeness (QED) is 0.556. The third-order valence-electron chi connectivity index (χ3n) is 3.83. The first-order valence-corrected chi connectivity index (χ1v) is 8.89. The molecule has 0 fully saturated rings. The number of aryl methyl sites for hydroxylation is 2. The van der Waals surface area contributed by atoms with Crippen molar-refractivity contribution in [3.8, 4) is 6.07 Å². The van der Waals surface area contributed by atoms with Crippen molar-refractivity contribution in [1.82, 2.24) is 9.97 Å². The van der Waals surface area contributed by atoms with Crippen molar-refractivity contribution in [3.63, 3.8) is 0 Å². The van der Waals surface area contributed by atoms with E-state index in [0.717, 1.165) is 15.8 Å². The average Bonchev–Trinajstić information content (AvgIpc) is 2.82. The Hall–Kier alpha value is -2.10. The minimum Gasteiger partial charge on any atom is -0.383 e. The minimum atomic E-state index is 0.182. The number of benzene rings is 1. The zero-order chi connectivity index (χ0) is 16.6. The van der Waals surface area contributed by atoms with Gasteiger partial charge in [0.2, 0.25) is 0 Å². The number of nitrogens with two attached hydrogens (primary N) is 1. The molecule has 6 heteroatoms. The minimum absolute atomic E-state index is 0.182. The van der Waals surface area contributed by atoms with Crippen LogP contribution in [0.25, 0.3) is 10.2 Å². The van der Waals surface area contributed by atoms with Gasteiger partial charge in [-0.2, -0.15) is 5.26 Å². The van der Waals surface area contributed by atoms with Gasteiger partial charge in [0.15, 0.2) is 5.16 Å². The number of rotatable bonds is 3. The molecule has 2 aromatic heterocycles. The van der Waals surface area contributed by atoms with Crippen molar-refractivity contribution in [2.45, 2.75) is 31.2 Å². The number of nitriles is 1. The Morgan fingerprint density at radius 3 is 2.57 bits per heavy atom. The number of aromatic nitrogens is 2. The Kier molecular flexibility index (Phi) is 4.24. The maximum atomic E-state index is 8.87. The molecule has 1 atom stereocenters. The second-order valence-electron chi connectivity index (χ2n) is 5.35. The van der Waals surface area contributed by atoms with E-state index >= 15 is 0 Å². The number of nitrogen functional groups attached to an aromatic ring is 1. The second kappa shape index (κ2) is 6.19. The lowest BCUT2D eigenvalue weighted by atomic mass is 10.1. The molecule has 116 valence electrons. The van der Waals surface area contributed by atoms with Crippen LogP contribution in [0.1, 0.15) is 33.7 Å². The van der Waals surface area contributed by atoms with E-state index in [2.05, 4.69) is 36.8 Å². The first-order valence-electron chi connectivity index (χ1n) is 7.19. The highest BCUT2D eigenvalue weighted by Gasteiger charge is 2.15. The molecule has 0 spiro atoms. The van der Waals surface area contributed by atoms with Gasteiger partial charge >= 0.3 is 0 Å². The Morgan fingerprint density at radius 1 is 1.22 bits per heavy atom. The van der Waals surface area contributed by atoms with Crippen LogP contribution in [-0.4, -0.2) is 9.97 Å². The molecule has 1 aromatic carbocycles. The van der Waals surface area contributed by atoms with Crippen LogP contribution in [0.3, 0.4) is 0 Å². The van der Waals surface area contributed by atoms with Crippen molar-refractivity contribution in [2.75, 3.05) is 5.73 Å². The lowest BCUT2D eigenvalue weighted by Gasteiger charge is -2.11. The smallest absolute Gasteiger partial charge is 0.191 e. The van der Waals surface area contributed by atoms with E-state index in [1.165, 1.54) is 10.4 Å². The Bertz CT molecular complexity index is 907. The second-order valence-corrected chi connectivity index (χ2v) is 7.86. The number of anilines is 1. The fourth-order valence-electron chi connectivity index (χ4n) is 2.37. The van der Waals surface area contributed by atoms with Crippen molar-refractivity contribution in [2.24, 2.45) is 0 Å². The number of hydrogen-bond donors (Lipinski definition) is 1. The molecule has 0 bridgehead atoms. The third-order valence-corrected chi connectivity index (χ3v) is 5.95. The van der Waals surface area contributed by atoms with E-state index in [0.29, 0.717) is 16.5 Å². The highest BCUT2D eigenvalue weighted by Crippen LogP contribution is 2.37. The Labute approximate surface area is 143 Å². The Balaban J connectivity index is 1.90. The molecule has 4 nitrogen and oxygen atoms in total. The molecule has 2 heterocycles. The van der Waals surface area contributed by atoms with Gasteiger partial charge in [0.25, 0.3) is 0 Å². The molecule has 0 saturated carbocycles. The van der Waals surface area contributed by atoms with E-state index < -0.39 is 0 Å². The maximum Gasteiger partial charge on any atom is 0.191 e. The summed E-state index contributed by atoms with van der Waals surface area (Å²) in [6.07, 6.45) is 0. The number of nitrogens with zero attached hydrogens (tertiary/aromatic N) is 3. The summed E-state index contributed by atoms with van der Waals surface area (Å²) in [4.78, 5) is 11.3. The van der Waals surface area contributed by atoms with Crippen molar-refractivity contribution < 1.29 is 0 Å². The van der Waals surface area contributed by atoms with Gasteiger partial charge in [-0.1, -0.05) is 23.9 Å². The van der Waals surface area contributed by atoms with Crippen molar-refractivity contribution >= 4 is 39.1 Å². The molecule has 0 amide bonds. The summed E-state index contributed by atoms with van der Waals surface area (Å²) in [6, 6.07) is 9.73. The first kappa shape index (κ1) is 15.8. The number of hydrogen-bond acceptors (Lipinski definition) is 6. The normalized spacial score (nSPS) is 12.3. The summed E-state index contributed by atoms with van der Waals surface area (Å²) in [5, 5.41) is 10.7. The predicted molar refractivity (Wildman–Crippen MR) is 96.7 cm³/mol. The van der Waals surface area contributed by atoms with Gasteiger partial charge in [-0.3, -0.25) is 0 Å². The molecule has 0 aliphatic rings. The number of fused-ring (bicyclic) bond motifs is 1. The van der Waals surface area contributed by atoms with E-state index in [-0.39, 0.29) is 5.25 Å². The van der Waals surface area contributed by atoms with Gasteiger partial charge in [-0.15, -0.1) is 11.3 Å². The molecule has 3 aromatic rings. The maximum absolute atomic E-state index is 8.87. The standard InChI is InChI=1S/C17H16N4S2/c1-9-10(2)22-16-14(9)15(19)20-17(21-16)23-11(3)13-6-4-12(8-18)5-7-13/h4-7,11H,1-3H3,(H2,19,20,21). The lowest BCUT2D eigenvalue weighted by Crippen LogP contribution is -1.98. The molecule has 0 aliphatic heterocycles. The molecule has 3 rings (SSSR count). The van der Waals surface area contributed by atoms with Gasteiger partial charge < -0.3 is 5.73 Å². The van der Waals surface area contributed by atoms with Crippen LogP contribution in [0, 0.1) is 25.2 Å². The van der Waals surface area contributed by atoms with Crippen molar-refractivity contribution in [3.05, 3.63) is 45.8 Å². The van der Waals surface area contributed by atoms with Gasteiger partial charge in [-0.05, 0) is 44.0 Å². The van der Waals surface area contributed by atoms with Gasteiger partial charge in [0.05, 0.1) is 17.0 Å². The zero-order valence-corrected chi connectivity index (χ0v) is 14.8. The summed E-state index contributed by atoms with van der Waals surface area (Å²) >= 11 is 3.23. The van der Waals surface area contributed by atoms with E-state index in [9.17, 15) is 0 Å². The fraction of sp³-hybridized carbons (Fsp3) is 0.235.